The monoisotopic (exact) mass is 388 g/mol. The molecule has 0 aromatic carbocycles. The molecular formula is C8H14Ag2O4. The van der Waals surface area contributed by atoms with E-state index in [1.807, 2.05) is 0 Å². The molecule has 0 aliphatic heterocycles. The van der Waals surface area contributed by atoms with Crippen LogP contribution in [0.1, 0.15) is 27.7 Å². The summed E-state index contributed by atoms with van der Waals surface area (Å²) >= 11 is 0. The summed E-state index contributed by atoms with van der Waals surface area (Å²) in [5, 5.41) is 19.2. The third kappa shape index (κ3) is 22.8. The number of hydrogen-bond acceptors (Lipinski definition) is 4. The van der Waals surface area contributed by atoms with Gasteiger partial charge in [0, 0.05) is 11.9 Å². The van der Waals surface area contributed by atoms with E-state index in [1.165, 1.54) is 0 Å². The largest absolute Gasteiger partial charge is 1.00 e. The molecule has 0 aliphatic rings. The van der Waals surface area contributed by atoms with Crippen LogP contribution in [0.2, 0.25) is 0 Å². The Morgan fingerprint density at radius 3 is 0.857 bits per heavy atom. The van der Waals surface area contributed by atoms with Gasteiger partial charge in [-0.25, -0.2) is 0 Å². The average molecular weight is 390 g/mol. The second-order valence-electron chi connectivity index (χ2n) is 2.95. The SMILES string of the molecule is CC(C)C(=O)[O-].CC(C)C(=O)[O-].[Ag+].[Ag+]. The molecule has 0 spiro atoms. The van der Waals surface area contributed by atoms with E-state index in [1.54, 1.807) is 27.7 Å². The van der Waals surface area contributed by atoms with Crippen LogP contribution in [0.4, 0.5) is 0 Å². The molecule has 0 atom stereocenters. The molecule has 0 unspecified atom stereocenters. The molecule has 0 radical (unpaired) electrons. The van der Waals surface area contributed by atoms with Crippen LogP contribution in [-0.4, -0.2) is 11.9 Å². The maximum atomic E-state index is 9.59. The number of rotatable bonds is 2. The van der Waals surface area contributed by atoms with Gasteiger partial charge in [-0.05, 0) is 11.8 Å². The minimum Gasteiger partial charge on any atom is -0.550 e. The first-order valence-corrected chi connectivity index (χ1v) is 3.70. The van der Waals surface area contributed by atoms with Crippen LogP contribution < -0.4 is 10.2 Å². The molecule has 0 fully saturated rings. The predicted octanol–water partition coefficient (Wildman–Crippen LogP) is -1.22. The molecule has 0 N–H and O–H groups in total. The summed E-state index contributed by atoms with van der Waals surface area (Å²) in [6.45, 7) is 6.31. The van der Waals surface area contributed by atoms with Gasteiger partial charge in [0.15, 0.2) is 0 Å². The van der Waals surface area contributed by atoms with Crippen molar-refractivity contribution in [1.82, 2.24) is 0 Å². The third-order valence-corrected chi connectivity index (χ3v) is 0.943. The van der Waals surface area contributed by atoms with Crippen molar-refractivity contribution in [2.45, 2.75) is 27.7 Å². The van der Waals surface area contributed by atoms with Gasteiger partial charge < -0.3 is 19.8 Å². The zero-order valence-electron chi connectivity index (χ0n) is 8.39. The van der Waals surface area contributed by atoms with Crippen molar-refractivity contribution < 1.29 is 64.6 Å². The van der Waals surface area contributed by atoms with Gasteiger partial charge in [-0.3, -0.25) is 0 Å². The third-order valence-electron chi connectivity index (χ3n) is 0.943. The van der Waals surface area contributed by atoms with Gasteiger partial charge in [-0.2, -0.15) is 0 Å². The molecular weight excluding hydrogens is 376 g/mol. The summed E-state index contributed by atoms with van der Waals surface area (Å²) < 4.78 is 0. The first kappa shape index (κ1) is 23.9. The Morgan fingerprint density at radius 1 is 0.786 bits per heavy atom. The topological polar surface area (TPSA) is 80.3 Å². The van der Waals surface area contributed by atoms with Crippen LogP contribution in [0.3, 0.4) is 0 Å². The standard InChI is InChI=1S/2C4H8O2.2Ag/c2*1-3(2)4(5)6;;/h2*3H,1-2H3,(H,5,6);;/q;;2*+1/p-2. The van der Waals surface area contributed by atoms with Gasteiger partial charge in [0.25, 0.3) is 0 Å². The molecule has 0 saturated heterocycles. The van der Waals surface area contributed by atoms with Gasteiger partial charge in [0.1, 0.15) is 0 Å². The summed E-state index contributed by atoms with van der Waals surface area (Å²) in [5.74, 6) is -2.67. The van der Waals surface area contributed by atoms with E-state index in [2.05, 4.69) is 0 Å². The number of hydrogen-bond donors (Lipinski definition) is 0. The van der Waals surface area contributed by atoms with E-state index in [-0.39, 0.29) is 56.6 Å². The van der Waals surface area contributed by atoms with Gasteiger partial charge in [-0.15, -0.1) is 0 Å². The Kier molecular flexibility index (Phi) is 22.9. The summed E-state index contributed by atoms with van der Waals surface area (Å²) in [6, 6.07) is 0. The number of carboxylic acids is 2. The van der Waals surface area contributed by atoms with E-state index < -0.39 is 11.9 Å². The molecule has 0 heterocycles. The average Bonchev–Trinajstić information content (AvgIpc) is 1.88. The van der Waals surface area contributed by atoms with E-state index in [0.717, 1.165) is 0 Å². The van der Waals surface area contributed by atoms with Crippen molar-refractivity contribution in [3.63, 3.8) is 0 Å². The normalized spacial score (nSPS) is 7.86. The van der Waals surface area contributed by atoms with Crippen molar-refractivity contribution in [2.24, 2.45) is 11.8 Å². The first-order valence-electron chi connectivity index (χ1n) is 3.70. The molecule has 0 aromatic rings. The fourth-order valence-corrected chi connectivity index (χ4v) is 0. The molecule has 0 aliphatic carbocycles. The number of carbonyl (C=O) groups excluding carboxylic acids is 2. The predicted molar refractivity (Wildman–Crippen MR) is 39.7 cm³/mol. The Labute approximate surface area is 115 Å². The molecule has 6 heteroatoms. The second-order valence-corrected chi connectivity index (χ2v) is 2.95. The van der Waals surface area contributed by atoms with Crippen molar-refractivity contribution in [3.8, 4) is 0 Å². The van der Waals surface area contributed by atoms with Gasteiger partial charge in [0.05, 0.1) is 0 Å². The number of aliphatic carboxylic acids is 2. The summed E-state index contributed by atoms with van der Waals surface area (Å²) in [4.78, 5) is 19.2. The van der Waals surface area contributed by atoms with Crippen LogP contribution in [0.15, 0.2) is 0 Å². The fraction of sp³-hybridized carbons (Fsp3) is 0.750. The van der Waals surface area contributed by atoms with E-state index in [4.69, 9.17) is 0 Å². The second kappa shape index (κ2) is 13.4. The van der Waals surface area contributed by atoms with E-state index in [9.17, 15) is 19.8 Å². The number of carboxylic acid groups (broad SMARTS) is 2. The van der Waals surface area contributed by atoms with Gasteiger partial charge in [-0.1, -0.05) is 27.7 Å². The molecule has 92 valence electrons. The summed E-state index contributed by atoms with van der Waals surface area (Å²) in [5.41, 5.74) is 0. The van der Waals surface area contributed by atoms with Crippen molar-refractivity contribution in [1.29, 1.82) is 0 Å². The van der Waals surface area contributed by atoms with Crippen LogP contribution in [0.5, 0.6) is 0 Å². The van der Waals surface area contributed by atoms with Crippen molar-refractivity contribution in [3.05, 3.63) is 0 Å². The molecule has 4 nitrogen and oxygen atoms in total. The summed E-state index contributed by atoms with van der Waals surface area (Å²) in [6.07, 6.45) is 0. The molecule has 0 amide bonds. The molecule has 0 aromatic heterocycles. The first-order chi connectivity index (χ1) is 5.29. The molecule has 0 rings (SSSR count). The van der Waals surface area contributed by atoms with Crippen LogP contribution in [0, 0.1) is 11.8 Å². The molecule has 0 saturated carbocycles. The van der Waals surface area contributed by atoms with Crippen molar-refractivity contribution >= 4 is 11.9 Å². The fourth-order valence-electron chi connectivity index (χ4n) is 0. The number of carbonyl (C=O) groups is 2. The maximum Gasteiger partial charge on any atom is 1.00 e. The Balaban J connectivity index is -0.0000000625. The van der Waals surface area contributed by atoms with E-state index in [0.29, 0.717) is 0 Å². The van der Waals surface area contributed by atoms with Crippen LogP contribution in [0.25, 0.3) is 0 Å². The zero-order chi connectivity index (χ0) is 10.3. The summed E-state index contributed by atoms with van der Waals surface area (Å²) in [7, 11) is 0. The minimum atomic E-state index is -0.991. The van der Waals surface area contributed by atoms with E-state index >= 15 is 0 Å². The quantitative estimate of drug-likeness (QED) is 0.554. The zero-order valence-corrected chi connectivity index (χ0v) is 11.4. The minimum absolute atomic E-state index is 0. The smallest absolute Gasteiger partial charge is 0.550 e. The van der Waals surface area contributed by atoms with Crippen LogP contribution in [-0.2, 0) is 54.3 Å². The van der Waals surface area contributed by atoms with Gasteiger partial charge in [0.2, 0.25) is 0 Å². The van der Waals surface area contributed by atoms with Gasteiger partial charge >= 0.3 is 44.8 Å². The molecule has 0 bridgehead atoms. The Hall–Kier alpha value is 0.421. The maximum absolute atomic E-state index is 9.59. The molecule has 14 heavy (non-hydrogen) atoms. The van der Waals surface area contributed by atoms with Crippen LogP contribution >= 0.6 is 0 Å². The van der Waals surface area contributed by atoms with Crippen molar-refractivity contribution in [2.75, 3.05) is 0 Å². The Morgan fingerprint density at radius 2 is 0.857 bits per heavy atom. The Bertz CT molecular complexity index is 139.